The van der Waals surface area contributed by atoms with Gasteiger partial charge in [0.1, 0.15) is 0 Å². The Balaban J connectivity index is 2.05. The molecular weight excluding hydrogens is 294 g/mol. The van der Waals surface area contributed by atoms with Crippen LogP contribution < -0.4 is 5.73 Å². The molecule has 0 atom stereocenters. The number of nitrogens with two attached hydrogens (primary N) is 1. The third-order valence-electron chi connectivity index (χ3n) is 2.59. The van der Waals surface area contributed by atoms with Crippen molar-refractivity contribution in [2.75, 3.05) is 5.73 Å². The second kappa shape index (κ2) is 4.34. The van der Waals surface area contributed by atoms with Crippen LogP contribution in [-0.4, -0.2) is 9.78 Å². The van der Waals surface area contributed by atoms with Crippen LogP contribution in [0.4, 0.5) is 5.69 Å². The molecule has 0 fully saturated rings. The number of halogens is 1. The normalized spacial score (nSPS) is 10.7. The summed E-state index contributed by atoms with van der Waals surface area (Å²) in [6.45, 7) is 0. The van der Waals surface area contributed by atoms with Crippen LogP contribution in [0.2, 0.25) is 0 Å². The molecule has 0 radical (unpaired) electrons. The number of nitrogens with zero attached hydrogens (tertiary/aromatic N) is 2. The summed E-state index contributed by atoms with van der Waals surface area (Å²) in [5.41, 5.74) is 8.14. The predicted molar refractivity (Wildman–Crippen MR) is 73.4 cm³/mol. The van der Waals surface area contributed by atoms with Gasteiger partial charge in [0.2, 0.25) is 0 Å². The van der Waals surface area contributed by atoms with E-state index in [9.17, 15) is 0 Å². The molecule has 2 heterocycles. The number of anilines is 1. The molecule has 1 aromatic carbocycles. The second-order valence-corrected chi connectivity index (χ2v) is 4.75. The fourth-order valence-electron chi connectivity index (χ4n) is 1.72. The summed E-state index contributed by atoms with van der Waals surface area (Å²) < 4.78 is 8.07. The average Bonchev–Trinajstić information content (AvgIpc) is 2.99. The van der Waals surface area contributed by atoms with Crippen molar-refractivity contribution in [3.63, 3.8) is 0 Å². The van der Waals surface area contributed by atoms with E-state index in [0.29, 0.717) is 17.1 Å². The molecule has 2 N–H and O–H groups in total. The maximum Gasteiger partial charge on any atom is 0.156 e. The monoisotopic (exact) mass is 303 g/mol. The molecule has 18 heavy (non-hydrogen) atoms. The van der Waals surface area contributed by atoms with Gasteiger partial charge in [-0.05, 0) is 36.4 Å². The molecule has 2 aromatic heterocycles. The minimum absolute atomic E-state index is 0.591. The zero-order valence-electron chi connectivity index (χ0n) is 9.38. The van der Waals surface area contributed by atoms with Crippen molar-refractivity contribution in [3.8, 4) is 17.1 Å². The highest BCUT2D eigenvalue weighted by atomic mass is 79.9. The van der Waals surface area contributed by atoms with Crippen LogP contribution in [0.1, 0.15) is 0 Å². The molecule has 0 aliphatic rings. The Morgan fingerprint density at radius 2 is 1.94 bits per heavy atom. The minimum atomic E-state index is 0.591. The van der Waals surface area contributed by atoms with E-state index >= 15 is 0 Å². The van der Waals surface area contributed by atoms with Crippen molar-refractivity contribution in [3.05, 3.63) is 53.3 Å². The lowest BCUT2D eigenvalue weighted by Gasteiger charge is -2.00. The fraction of sp³-hybridized carbons (Fsp3) is 0. The minimum Gasteiger partial charge on any atom is -0.463 e. The van der Waals surface area contributed by atoms with E-state index in [1.54, 1.807) is 17.1 Å². The van der Waals surface area contributed by atoms with Gasteiger partial charge in [-0.25, -0.2) is 4.68 Å². The molecule has 0 saturated heterocycles. The van der Waals surface area contributed by atoms with Crippen molar-refractivity contribution in [2.24, 2.45) is 0 Å². The molecule has 0 amide bonds. The highest BCUT2D eigenvalue weighted by molar-refractivity contribution is 9.10. The quantitative estimate of drug-likeness (QED) is 0.788. The maximum absolute atomic E-state index is 5.95. The van der Waals surface area contributed by atoms with E-state index in [1.165, 1.54) is 0 Å². The van der Waals surface area contributed by atoms with Gasteiger partial charge in [-0.2, -0.15) is 5.10 Å². The van der Waals surface area contributed by atoms with Gasteiger partial charge in [-0.3, -0.25) is 0 Å². The second-order valence-electron chi connectivity index (χ2n) is 3.83. The first-order valence-corrected chi connectivity index (χ1v) is 6.18. The third-order valence-corrected chi connectivity index (χ3v) is 3.12. The molecule has 0 saturated carbocycles. The Morgan fingerprint density at radius 3 is 2.61 bits per heavy atom. The Morgan fingerprint density at radius 1 is 1.17 bits per heavy atom. The van der Waals surface area contributed by atoms with Gasteiger partial charge in [0.15, 0.2) is 11.5 Å². The number of furan rings is 1. The number of hydrogen-bond donors (Lipinski definition) is 1. The first-order chi connectivity index (χ1) is 8.74. The number of benzene rings is 1. The van der Waals surface area contributed by atoms with Gasteiger partial charge < -0.3 is 10.2 Å². The van der Waals surface area contributed by atoms with Crippen molar-refractivity contribution in [2.45, 2.75) is 0 Å². The van der Waals surface area contributed by atoms with Crippen LogP contribution in [0.25, 0.3) is 17.1 Å². The Kier molecular flexibility index (Phi) is 2.68. The third kappa shape index (κ3) is 1.93. The van der Waals surface area contributed by atoms with Crippen molar-refractivity contribution >= 4 is 21.6 Å². The predicted octanol–water partition coefficient (Wildman–Crippen LogP) is 3.48. The van der Waals surface area contributed by atoms with Crippen LogP contribution in [0.5, 0.6) is 0 Å². The average molecular weight is 304 g/mol. The highest BCUT2D eigenvalue weighted by Crippen LogP contribution is 2.25. The van der Waals surface area contributed by atoms with E-state index in [4.69, 9.17) is 10.2 Å². The van der Waals surface area contributed by atoms with Gasteiger partial charge in [0, 0.05) is 4.47 Å². The van der Waals surface area contributed by atoms with E-state index in [1.807, 2.05) is 36.4 Å². The van der Waals surface area contributed by atoms with E-state index in [-0.39, 0.29) is 0 Å². The summed E-state index contributed by atoms with van der Waals surface area (Å²) in [7, 11) is 0. The smallest absolute Gasteiger partial charge is 0.156 e. The highest BCUT2D eigenvalue weighted by Gasteiger charge is 2.11. The molecule has 3 rings (SSSR count). The zero-order chi connectivity index (χ0) is 12.5. The first-order valence-electron chi connectivity index (χ1n) is 5.39. The van der Waals surface area contributed by atoms with Gasteiger partial charge in [-0.15, -0.1) is 0 Å². The van der Waals surface area contributed by atoms with Gasteiger partial charge >= 0.3 is 0 Å². The topological polar surface area (TPSA) is 57.0 Å². The summed E-state index contributed by atoms with van der Waals surface area (Å²) >= 11 is 3.40. The summed E-state index contributed by atoms with van der Waals surface area (Å²) in [5, 5.41) is 4.43. The van der Waals surface area contributed by atoms with Crippen LogP contribution in [0.3, 0.4) is 0 Å². The fourth-order valence-corrected chi connectivity index (χ4v) is 1.98. The number of rotatable bonds is 2. The lowest BCUT2D eigenvalue weighted by atomic mass is 10.3. The number of hydrogen-bond acceptors (Lipinski definition) is 3. The molecule has 3 aromatic rings. The van der Waals surface area contributed by atoms with E-state index in [2.05, 4.69) is 21.0 Å². The zero-order valence-corrected chi connectivity index (χ0v) is 11.0. The molecule has 5 heteroatoms. The molecule has 0 aliphatic heterocycles. The van der Waals surface area contributed by atoms with Gasteiger partial charge in [0.05, 0.1) is 23.8 Å². The maximum atomic E-state index is 5.95. The lowest BCUT2D eigenvalue weighted by Crippen LogP contribution is -1.94. The van der Waals surface area contributed by atoms with Crippen molar-refractivity contribution < 1.29 is 4.42 Å². The summed E-state index contributed by atoms with van der Waals surface area (Å²) in [4.78, 5) is 0. The molecular formula is C13H10BrN3O. The van der Waals surface area contributed by atoms with Crippen molar-refractivity contribution in [1.29, 1.82) is 0 Å². The number of nitrogen functional groups attached to an aromatic ring is 1. The molecule has 0 bridgehead atoms. The Bertz CT molecular complexity index is 656. The Labute approximate surface area is 112 Å². The van der Waals surface area contributed by atoms with Gasteiger partial charge in [-0.1, -0.05) is 15.9 Å². The molecule has 0 spiro atoms. The largest absolute Gasteiger partial charge is 0.463 e. The van der Waals surface area contributed by atoms with Crippen LogP contribution in [0.15, 0.2) is 57.7 Å². The first kappa shape index (κ1) is 11.1. The van der Waals surface area contributed by atoms with E-state index < -0.39 is 0 Å². The Hall–Kier alpha value is -2.01. The van der Waals surface area contributed by atoms with Gasteiger partial charge in [0.25, 0.3) is 0 Å². The van der Waals surface area contributed by atoms with Crippen LogP contribution in [0, 0.1) is 0 Å². The molecule has 4 nitrogen and oxygen atoms in total. The summed E-state index contributed by atoms with van der Waals surface area (Å²) in [6.07, 6.45) is 3.38. The SMILES string of the molecule is Nc1cn(-c2ccc(Br)cc2)nc1-c1ccco1. The molecule has 90 valence electrons. The lowest BCUT2D eigenvalue weighted by molar-refractivity contribution is 0.579. The van der Waals surface area contributed by atoms with Crippen LogP contribution >= 0.6 is 15.9 Å². The van der Waals surface area contributed by atoms with Crippen molar-refractivity contribution in [1.82, 2.24) is 9.78 Å². The van der Waals surface area contributed by atoms with E-state index in [0.717, 1.165) is 10.2 Å². The number of aromatic nitrogens is 2. The molecule has 0 unspecified atom stereocenters. The van der Waals surface area contributed by atoms with Crippen LogP contribution in [-0.2, 0) is 0 Å². The summed E-state index contributed by atoms with van der Waals surface area (Å²) in [6, 6.07) is 11.5. The standard InChI is InChI=1S/C13H10BrN3O/c14-9-3-5-10(6-4-9)17-8-11(15)13(16-17)12-2-1-7-18-12/h1-8H,15H2. The molecule has 0 aliphatic carbocycles. The summed E-state index contributed by atoms with van der Waals surface area (Å²) in [5.74, 6) is 0.670.